The van der Waals surface area contributed by atoms with Gasteiger partial charge >= 0.3 is 0 Å². The lowest BCUT2D eigenvalue weighted by molar-refractivity contribution is 0.0518. The van der Waals surface area contributed by atoms with Gasteiger partial charge in [-0.3, -0.25) is 9.59 Å². The molecule has 3 rings (SSSR count). The molecule has 0 saturated carbocycles. The number of hydrogen-bond donors (Lipinski definition) is 0. The van der Waals surface area contributed by atoms with Crippen molar-refractivity contribution in [2.75, 3.05) is 20.1 Å². The second-order valence-corrected chi connectivity index (χ2v) is 7.69. The van der Waals surface area contributed by atoms with Crippen molar-refractivity contribution in [1.82, 2.24) is 18.9 Å². The highest BCUT2D eigenvalue weighted by Crippen LogP contribution is 2.23. The van der Waals surface area contributed by atoms with E-state index in [1.54, 1.807) is 4.90 Å². The summed E-state index contributed by atoms with van der Waals surface area (Å²) in [5.74, 6) is 0.0940. The van der Waals surface area contributed by atoms with Gasteiger partial charge in [-0.1, -0.05) is 0 Å². The highest BCUT2D eigenvalue weighted by atomic mass is 16.2. The Hall–Kier alpha value is -2.50. The largest absolute Gasteiger partial charge is 0.354 e. The lowest BCUT2D eigenvalue weighted by atomic mass is 10.00. The first-order chi connectivity index (χ1) is 12.8. The van der Waals surface area contributed by atoms with Crippen LogP contribution < -0.4 is 0 Å². The first-order valence-electron chi connectivity index (χ1n) is 9.61. The van der Waals surface area contributed by atoms with Crippen LogP contribution in [0.4, 0.5) is 0 Å². The Morgan fingerprint density at radius 3 is 2.19 bits per heavy atom. The molecule has 0 radical (unpaired) electrons. The van der Waals surface area contributed by atoms with E-state index >= 15 is 0 Å². The fourth-order valence-electron chi connectivity index (χ4n) is 3.89. The zero-order valence-electron chi connectivity index (χ0n) is 17.0. The van der Waals surface area contributed by atoms with Crippen molar-refractivity contribution < 1.29 is 9.59 Å². The van der Waals surface area contributed by atoms with Gasteiger partial charge in [0.05, 0.1) is 11.1 Å². The highest BCUT2D eigenvalue weighted by molar-refractivity contribution is 5.96. The van der Waals surface area contributed by atoms with Crippen molar-refractivity contribution >= 4 is 11.8 Å². The lowest BCUT2D eigenvalue weighted by Crippen LogP contribution is -2.50. The molecule has 1 fully saturated rings. The van der Waals surface area contributed by atoms with E-state index < -0.39 is 0 Å². The summed E-state index contributed by atoms with van der Waals surface area (Å²) in [5, 5.41) is 0. The van der Waals surface area contributed by atoms with Gasteiger partial charge in [-0.2, -0.15) is 0 Å². The first kappa shape index (κ1) is 19.3. The number of likely N-dealkylation sites (tertiary alicyclic amines) is 1. The van der Waals surface area contributed by atoms with E-state index in [1.165, 1.54) is 0 Å². The van der Waals surface area contributed by atoms with Gasteiger partial charge in [-0.25, -0.2) is 0 Å². The third kappa shape index (κ3) is 3.66. The minimum absolute atomic E-state index is 0.0157. The van der Waals surface area contributed by atoms with Gasteiger partial charge in [0.2, 0.25) is 0 Å². The normalized spacial score (nSPS) is 17.2. The number of likely N-dealkylation sites (N-methyl/N-ethyl adjacent to an activating group) is 1. The van der Waals surface area contributed by atoms with Crippen LogP contribution >= 0.6 is 0 Å². The number of rotatable bonds is 4. The number of carbonyl (C=O) groups excluding carboxylic acids is 2. The van der Waals surface area contributed by atoms with Crippen LogP contribution in [0, 0.1) is 13.8 Å². The smallest absolute Gasteiger partial charge is 0.255 e. The van der Waals surface area contributed by atoms with Gasteiger partial charge in [-0.05, 0) is 45.2 Å². The Kier molecular flexibility index (Phi) is 5.44. The third-order valence-electron chi connectivity index (χ3n) is 5.95. The molecule has 1 saturated heterocycles. The topological polar surface area (TPSA) is 50.5 Å². The molecule has 0 N–H and O–H groups in total. The average molecular weight is 370 g/mol. The molecule has 146 valence electrons. The van der Waals surface area contributed by atoms with Crippen LogP contribution in [0.2, 0.25) is 0 Å². The first-order valence-corrected chi connectivity index (χ1v) is 9.61. The van der Waals surface area contributed by atoms with Crippen molar-refractivity contribution in [3.8, 4) is 0 Å². The molecule has 0 unspecified atom stereocenters. The number of nitrogens with zero attached hydrogens (tertiary/aromatic N) is 4. The number of hydrogen-bond acceptors (Lipinski definition) is 2. The summed E-state index contributed by atoms with van der Waals surface area (Å²) in [6.07, 6.45) is 6.88. The van der Waals surface area contributed by atoms with Gasteiger partial charge in [0.25, 0.3) is 11.8 Å². The van der Waals surface area contributed by atoms with Crippen LogP contribution in [0.1, 0.15) is 51.4 Å². The second-order valence-electron chi connectivity index (χ2n) is 7.69. The fourth-order valence-corrected chi connectivity index (χ4v) is 3.89. The quantitative estimate of drug-likeness (QED) is 0.831. The minimum atomic E-state index is 0.0157. The molecule has 0 aliphatic carbocycles. The highest BCUT2D eigenvalue weighted by Gasteiger charge is 2.31. The van der Waals surface area contributed by atoms with E-state index in [4.69, 9.17) is 0 Å². The number of aryl methyl sites for hydroxylation is 2. The number of aromatic nitrogens is 2. The molecule has 0 spiro atoms. The monoisotopic (exact) mass is 370 g/mol. The Morgan fingerprint density at radius 2 is 1.63 bits per heavy atom. The Bertz CT molecular complexity index is 848. The molecule has 0 bridgehead atoms. The van der Waals surface area contributed by atoms with E-state index in [0.717, 1.165) is 48.3 Å². The van der Waals surface area contributed by atoms with Crippen molar-refractivity contribution in [2.45, 2.75) is 39.2 Å². The number of amides is 2. The molecule has 0 aromatic carbocycles. The molecule has 1 aliphatic rings. The summed E-state index contributed by atoms with van der Waals surface area (Å²) >= 11 is 0. The molecule has 3 heterocycles. The summed E-state index contributed by atoms with van der Waals surface area (Å²) in [6.45, 7) is 5.24. The predicted molar refractivity (Wildman–Crippen MR) is 106 cm³/mol. The fraction of sp³-hybridized carbons (Fsp3) is 0.524. The Labute approximate surface area is 161 Å². The third-order valence-corrected chi connectivity index (χ3v) is 5.95. The van der Waals surface area contributed by atoms with Crippen LogP contribution in [0.15, 0.2) is 24.5 Å². The maximum Gasteiger partial charge on any atom is 0.255 e. The molecule has 2 amide bonds. The zero-order chi connectivity index (χ0) is 19.7. The summed E-state index contributed by atoms with van der Waals surface area (Å²) < 4.78 is 3.93. The summed E-state index contributed by atoms with van der Waals surface area (Å²) in [4.78, 5) is 29.7. The van der Waals surface area contributed by atoms with Crippen LogP contribution in [0.3, 0.4) is 0 Å². The van der Waals surface area contributed by atoms with Crippen LogP contribution in [0.5, 0.6) is 0 Å². The molecule has 2 aromatic rings. The van der Waals surface area contributed by atoms with E-state index in [1.807, 2.05) is 73.6 Å². The maximum atomic E-state index is 13.1. The SMILES string of the molecule is Cc1c(C(=O)N(C)C[C@@H]2CCCCN2C(=O)c2ccn(C)c2C)ccn1C. The maximum absolute atomic E-state index is 13.1. The molecular weight excluding hydrogens is 340 g/mol. The van der Waals surface area contributed by atoms with E-state index in [9.17, 15) is 9.59 Å². The lowest BCUT2D eigenvalue weighted by Gasteiger charge is -2.38. The number of piperidine rings is 1. The molecule has 1 atom stereocenters. The van der Waals surface area contributed by atoms with E-state index in [2.05, 4.69) is 0 Å². The molecule has 6 heteroatoms. The van der Waals surface area contributed by atoms with E-state index in [0.29, 0.717) is 6.54 Å². The Morgan fingerprint density at radius 1 is 1.04 bits per heavy atom. The van der Waals surface area contributed by atoms with Crippen LogP contribution in [-0.4, -0.2) is 56.9 Å². The van der Waals surface area contributed by atoms with Gasteiger partial charge in [0, 0.05) is 64.1 Å². The molecular formula is C21H30N4O2. The average Bonchev–Trinajstić information content (AvgIpc) is 3.17. The summed E-state index contributed by atoms with van der Waals surface area (Å²) in [6, 6.07) is 3.82. The molecule has 1 aliphatic heterocycles. The number of carbonyl (C=O) groups is 2. The van der Waals surface area contributed by atoms with Gasteiger partial charge in [0.15, 0.2) is 0 Å². The summed E-state index contributed by atoms with van der Waals surface area (Å²) in [7, 11) is 5.73. The predicted octanol–water partition coefficient (Wildman–Crippen LogP) is 2.75. The van der Waals surface area contributed by atoms with Crippen LogP contribution in [-0.2, 0) is 14.1 Å². The summed E-state index contributed by atoms with van der Waals surface area (Å²) in [5.41, 5.74) is 3.43. The van der Waals surface area contributed by atoms with Crippen molar-refractivity contribution in [2.24, 2.45) is 14.1 Å². The van der Waals surface area contributed by atoms with Crippen molar-refractivity contribution in [3.63, 3.8) is 0 Å². The standard InChI is InChI=1S/C21H30N4O2/c1-15-18(9-12-22(15)3)20(26)24(5)14-17-8-6-7-11-25(17)21(27)19-10-13-23(4)16(19)2/h9-10,12-13,17H,6-8,11,14H2,1-5H3/t17-/m0/s1. The Balaban J connectivity index is 1.75. The zero-order valence-corrected chi connectivity index (χ0v) is 17.0. The van der Waals surface area contributed by atoms with Gasteiger partial charge < -0.3 is 18.9 Å². The van der Waals surface area contributed by atoms with Crippen molar-refractivity contribution in [3.05, 3.63) is 47.0 Å². The van der Waals surface area contributed by atoms with Gasteiger partial charge in [0.1, 0.15) is 0 Å². The molecule has 27 heavy (non-hydrogen) atoms. The molecule has 6 nitrogen and oxygen atoms in total. The van der Waals surface area contributed by atoms with Gasteiger partial charge in [-0.15, -0.1) is 0 Å². The van der Waals surface area contributed by atoms with Crippen LogP contribution in [0.25, 0.3) is 0 Å². The van der Waals surface area contributed by atoms with E-state index in [-0.39, 0.29) is 17.9 Å². The second kappa shape index (κ2) is 7.62. The molecule has 2 aromatic heterocycles. The van der Waals surface area contributed by atoms with Crippen molar-refractivity contribution in [1.29, 1.82) is 0 Å². The minimum Gasteiger partial charge on any atom is -0.354 e.